The highest BCUT2D eigenvalue weighted by molar-refractivity contribution is 5.83. The van der Waals surface area contributed by atoms with E-state index in [1.165, 1.54) is 7.11 Å². The lowest BCUT2D eigenvalue weighted by atomic mass is 10.2. The van der Waals surface area contributed by atoms with Crippen LogP contribution in [0.4, 0.5) is 0 Å². The molecule has 5 nitrogen and oxygen atoms in total. The molecule has 0 aliphatic heterocycles. The van der Waals surface area contributed by atoms with Crippen LogP contribution in [-0.4, -0.2) is 36.2 Å². The Morgan fingerprint density at radius 3 is 2.43 bits per heavy atom. The number of carboxylic acids is 1. The fourth-order valence-corrected chi connectivity index (χ4v) is 0.936. The number of carbonyl (C=O) groups is 2. The van der Waals surface area contributed by atoms with Gasteiger partial charge < -0.3 is 15.2 Å². The predicted octanol–water partition coefficient (Wildman–Crippen LogP) is 0.391. The van der Waals surface area contributed by atoms with E-state index < -0.39 is 12.0 Å². The summed E-state index contributed by atoms with van der Waals surface area (Å²) in [5.74, 6) is -1.31. The van der Waals surface area contributed by atoms with Crippen LogP contribution in [-0.2, 0) is 14.3 Å². The summed E-state index contributed by atoms with van der Waals surface area (Å²) in [5, 5.41) is 11.1. The Morgan fingerprint density at radius 2 is 2.07 bits per heavy atom. The molecular formula is C9H17NO4. The number of carboxylic acid groups (broad SMARTS) is 1. The van der Waals surface area contributed by atoms with Gasteiger partial charge in [0.1, 0.15) is 6.04 Å². The summed E-state index contributed by atoms with van der Waals surface area (Å²) >= 11 is 0. The summed E-state index contributed by atoms with van der Waals surface area (Å²) in [6, 6.07) is -0.799. The SMILES string of the molecule is CCC(NC(=O)CC(C)OC)C(=O)O. The molecule has 0 rings (SSSR count). The quantitative estimate of drug-likeness (QED) is 0.654. The van der Waals surface area contributed by atoms with Gasteiger partial charge in [0.05, 0.1) is 12.5 Å². The molecule has 0 heterocycles. The molecule has 2 atom stereocenters. The van der Waals surface area contributed by atoms with E-state index in [4.69, 9.17) is 9.84 Å². The van der Waals surface area contributed by atoms with E-state index in [0.29, 0.717) is 6.42 Å². The zero-order valence-corrected chi connectivity index (χ0v) is 8.74. The molecule has 0 aliphatic rings. The first-order chi connectivity index (χ1) is 6.51. The number of nitrogens with one attached hydrogen (secondary N) is 1. The van der Waals surface area contributed by atoms with Crippen LogP contribution in [0, 0.1) is 0 Å². The smallest absolute Gasteiger partial charge is 0.326 e. The van der Waals surface area contributed by atoms with Gasteiger partial charge >= 0.3 is 5.97 Å². The lowest BCUT2D eigenvalue weighted by Gasteiger charge is -2.14. The average molecular weight is 203 g/mol. The number of rotatable bonds is 6. The van der Waals surface area contributed by atoms with Gasteiger partial charge in [-0.3, -0.25) is 4.79 Å². The fourth-order valence-electron chi connectivity index (χ4n) is 0.936. The second-order valence-corrected chi connectivity index (χ2v) is 3.12. The number of methoxy groups -OCH3 is 1. The van der Waals surface area contributed by atoms with E-state index in [-0.39, 0.29) is 18.4 Å². The lowest BCUT2D eigenvalue weighted by molar-refractivity contribution is -0.142. The van der Waals surface area contributed by atoms with Crippen LogP contribution < -0.4 is 5.32 Å². The third kappa shape index (κ3) is 4.81. The van der Waals surface area contributed by atoms with Crippen LogP contribution >= 0.6 is 0 Å². The Balaban J connectivity index is 3.97. The van der Waals surface area contributed by atoms with Gasteiger partial charge in [-0.1, -0.05) is 6.92 Å². The van der Waals surface area contributed by atoms with Crippen LogP contribution in [0.25, 0.3) is 0 Å². The standard InChI is InChI=1S/C9H17NO4/c1-4-7(9(12)13)10-8(11)5-6(2)14-3/h6-7H,4-5H2,1-3H3,(H,10,11)(H,12,13). The van der Waals surface area contributed by atoms with E-state index >= 15 is 0 Å². The fraction of sp³-hybridized carbons (Fsp3) is 0.778. The molecule has 0 bridgehead atoms. The molecule has 0 saturated heterocycles. The van der Waals surface area contributed by atoms with Crippen molar-refractivity contribution in [2.24, 2.45) is 0 Å². The van der Waals surface area contributed by atoms with Crippen LogP contribution in [0.3, 0.4) is 0 Å². The van der Waals surface area contributed by atoms with Gasteiger partial charge in [-0.15, -0.1) is 0 Å². The van der Waals surface area contributed by atoms with Crippen molar-refractivity contribution in [1.82, 2.24) is 5.32 Å². The molecule has 5 heteroatoms. The molecule has 0 spiro atoms. The third-order valence-electron chi connectivity index (χ3n) is 1.92. The maximum atomic E-state index is 11.2. The molecule has 82 valence electrons. The summed E-state index contributed by atoms with van der Waals surface area (Å²) in [6.07, 6.45) is 0.365. The molecule has 2 N–H and O–H groups in total. The van der Waals surface area contributed by atoms with Gasteiger partial charge in [-0.25, -0.2) is 4.79 Å². The lowest BCUT2D eigenvalue weighted by Crippen LogP contribution is -2.41. The van der Waals surface area contributed by atoms with Crippen LogP contribution in [0.15, 0.2) is 0 Å². The van der Waals surface area contributed by atoms with Gasteiger partial charge in [0, 0.05) is 7.11 Å². The molecule has 1 amide bonds. The molecule has 0 saturated carbocycles. The summed E-state index contributed by atoms with van der Waals surface area (Å²) in [5.41, 5.74) is 0. The highest BCUT2D eigenvalue weighted by atomic mass is 16.5. The minimum absolute atomic E-state index is 0.181. The van der Waals surface area contributed by atoms with Crippen molar-refractivity contribution in [1.29, 1.82) is 0 Å². The molecule has 0 radical (unpaired) electrons. The van der Waals surface area contributed by atoms with E-state index in [0.717, 1.165) is 0 Å². The predicted molar refractivity (Wildman–Crippen MR) is 50.9 cm³/mol. The molecular weight excluding hydrogens is 186 g/mol. The van der Waals surface area contributed by atoms with E-state index in [9.17, 15) is 9.59 Å². The average Bonchev–Trinajstić information content (AvgIpc) is 2.13. The van der Waals surface area contributed by atoms with Crippen molar-refractivity contribution in [2.75, 3.05) is 7.11 Å². The molecule has 0 aliphatic carbocycles. The number of ether oxygens (including phenoxy) is 1. The Morgan fingerprint density at radius 1 is 1.50 bits per heavy atom. The summed E-state index contributed by atoms with van der Waals surface area (Å²) in [7, 11) is 1.51. The van der Waals surface area contributed by atoms with Gasteiger partial charge in [0.15, 0.2) is 0 Å². The number of amides is 1. The highest BCUT2D eigenvalue weighted by Crippen LogP contribution is 1.97. The van der Waals surface area contributed by atoms with Crippen molar-refractivity contribution in [3.8, 4) is 0 Å². The van der Waals surface area contributed by atoms with Gasteiger partial charge in [-0.2, -0.15) is 0 Å². The van der Waals surface area contributed by atoms with E-state index in [1.54, 1.807) is 13.8 Å². The Labute approximate surface area is 83.4 Å². The molecule has 14 heavy (non-hydrogen) atoms. The van der Waals surface area contributed by atoms with Gasteiger partial charge in [-0.05, 0) is 13.3 Å². The van der Waals surface area contributed by atoms with Crippen molar-refractivity contribution in [3.05, 3.63) is 0 Å². The maximum absolute atomic E-state index is 11.2. The maximum Gasteiger partial charge on any atom is 0.326 e. The Kier molecular flexibility index (Phi) is 5.87. The molecule has 0 aromatic heterocycles. The summed E-state index contributed by atoms with van der Waals surface area (Å²) in [6.45, 7) is 3.46. The minimum Gasteiger partial charge on any atom is -0.480 e. The first-order valence-electron chi connectivity index (χ1n) is 4.56. The molecule has 0 fully saturated rings. The van der Waals surface area contributed by atoms with Crippen LogP contribution in [0.2, 0.25) is 0 Å². The molecule has 2 unspecified atom stereocenters. The second-order valence-electron chi connectivity index (χ2n) is 3.12. The molecule has 0 aromatic rings. The summed E-state index contributed by atoms with van der Waals surface area (Å²) < 4.78 is 4.89. The van der Waals surface area contributed by atoms with Crippen molar-refractivity contribution < 1.29 is 19.4 Å². The summed E-state index contributed by atoms with van der Waals surface area (Å²) in [4.78, 5) is 21.8. The normalized spacial score (nSPS) is 14.5. The first kappa shape index (κ1) is 12.9. The topological polar surface area (TPSA) is 75.6 Å². The number of hydrogen-bond acceptors (Lipinski definition) is 3. The van der Waals surface area contributed by atoms with Crippen LogP contribution in [0.1, 0.15) is 26.7 Å². The number of carbonyl (C=O) groups excluding carboxylic acids is 1. The zero-order valence-electron chi connectivity index (χ0n) is 8.74. The molecule has 0 aromatic carbocycles. The first-order valence-corrected chi connectivity index (χ1v) is 4.56. The van der Waals surface area contributed by atoms with Gasteiger partial charge in [0.25, 0.3) is 0 Å². The second kappa shape index (κ2) is 6.37. The van der Waals surface area contributed by atoms with E-state index in [2.05, 4.69) is 5.32 Å². The van der Waals surface area contributed by atoms with Crippen molar-refractivity contribution in [3.63, 3.8) is 0 Å². The number of hydrogen-bond donors (Lipinski definition) is 2. The largest absolute Gasteiger partial charge is 0.480 e. The Bertz CT molecular complexity index is 205. The third-order valence-corrected chi connectivity index (χ3v) is 1.92. The van der Waals surface area contributed by atoms with E-state index in [1.807, 2.05) is 0 Å². The zero-order chi connectivity index (χ0) is 11.1. The Hall–Kier alpha value is -1.10. The monoisotopic (exact) mass is 203 g/mol. The number of aliphatic carboxylic acids is 1. The van der Waals surface area contributed by atoms with Crippen LogP contribution in [0.5, 0.6) is 0 Å². The van der Waals surface area contributed by atoms with Gasteiger partial charge in [0.2, 0.25) is 5.91 Å². The van der Waals surface area contributed by atoms with Crippen molar-refractivity contribution >= 4 is 11.9 Å². The minimum atomic E-state index is -1.01. The highest BCUT2D eigenvalue weighted by Gasteiger charge is 2.18. The van der Waals surface area contributed by atoms with Crippen molar-refractivity contribution in [2.45, 2.75) is 38.8 Å².